The van der Waals surface area contributed by atoms with Gasteiger partial charge in [0.25, 0.3) is 0 Å². The van der Waals surface area contributed by atoms with Crippen LogP contribution in [0.25, 0.3) is 0 Å². The van der Waals surface area contributed by atoms with E-state index < -0.39 is 0 Å². The minimum Gasteiger partial charge on any atom is -0.370 e. The highest BCUT2D eigenvalue weighted by atomic mass is 16.1. The maximum atomic E-state index is 11.0. The molecule has 0 atom stereocenters. The summed E-state index contributed by atoms with van der Waals surface area (Å²) in [5.41, 5.74) is 6.58. The highest BCUT2D eigenvalue weighted by Gasteiger charge is 1.98. The van der Waals surface area contributed by atoms with E-state index in [4.69, 9.17) is 5.73 Å². The van der Waals surface area contributed by atoms with Crippen LogP contribution < -0.4 is 11.1 Å². The van der Waals surface area contributed by atoms with Gasteiger partial charge in [0.15, 0.2) is 5.96 Å². The molecule has 1 amide bonds. The zero-order chi connectivity index (χ0) is 11.8. The number of nitrogens with zero attached hydrogens (tertiary/aromatic N) is 2. The molecular formula is C10H17N5O. The maximum absolute atomic E-state index is 11.0. The Morgan fingerprint density at radius 3 is 3.12 bits per heavy atom. The topological polar surface area (TPSA) is 96.2 Å². The van der Waals surface area contributed by atoms with Gasteiger partial charge in [-0.3, -0.25) is 15.1 Å². The van der Waals surface area contributed by atoms with Crippen LogP contribution >= 0.6 is 0 Å². The van der Waals surface area contributed by atoms with Crippen LogP contribution in [0.3, 0.4) is 0 Å². The molecule has 0 aromatic carbocycles. The fourth-order valence-corrected chi connectivity index (χ4v) is 1.16. The van der Waals surface area contributed by atoms with E-state index >= 15 is 0 Å². The van der Waals surface area contributed by atoms with Gasteiger partial charge in [-0.05, 0) is 12.8 Å². The van der Waals surface area contributed by atoms with Crippen LogP contribution in [0.4, 0.5) is 0 Å². The number of guanidine groups is 1. The summed E-state index contributed by atoms with van der Waals surface area (Å²) in [4.78, 5) is 21.9. The molecule has 1 aromatic heterocycles. The number of rotatable bonds is 5. The predicted molar refractivity (Wildman–Crippen MR) is 61.8 cm³/mol. The second-order valence-corrected chi connectivity index (χ2v) is 3.35. The first-order valence-corrected chi connectivity index (χ1v) is 5.29. The minimum absolute atomic E-state index is 0.116. The van der Waals surface area contributed by atoms with Gasteiger partial charge in [0.1, 0.15) is 0 Å². The Kier molecular flexibility index (Phi) is 5.04. The molecule has 1 rings (SSSR count). The summed E-state index contributed by atoms with van der Waals surface area (Å²) in [5.74, 6) is 0.0753. The minimum atomic E-state index is -0.116. The van der Waals surface area contributed by atoms with Gasteiger partial charge in [-0.15, -0.1) is 0 Å². The molecule has 88 valence electrons. The lowest BCUT2D eigenvalue weighted by Gasteiger charge is -2.01. The van der Waals surface area contributed by atoms with Gasteiger partial charge in [-0.25, -0.2) is 4.98 Å². The van der Waals surface area contributed by atoms with Crippen molar-refractivity contribution in [3.63, 3.8) is 0 Å². The first-order valence-electron chi connectivity index (χ1n) is 5.29. The molecule has 6 heteroatoms. The summed E-state index contributed by atoms with van der Waals surface area (Å²) < 4.78 is 0. The van der Waals surface area contributed by atoms with Crippen molar-refractivity contribution in [2.75, 3.05) is 6.54 Å². The average Bonchev–Trinajstić information content (AvgIpc) is 2.77. The SMILES string of the molecule is CCC(=O)NC(N)=NCCCc1cnc[nH]1. The van der Waals surface area contributed by atoms with Crippen LogP contribution in [0, 0.1) is 0 Å². The molecule has 0 saturated heterocycles. The lowest BCUT2D eigenvalue weighted by molar-refractivity contribution is -0.119. The molecule has 1 heterocycles. The predicted octanol–water partition coefficient (Wildman–Crippen LogP) is 0.183. The van der Waals surface area contributed by atoms with Crippen molar-refractivity contribution in [1.82, 2.24) is 15.3 Å². The van der Waals surface area contributed by atoms with Crippen LogP contribution in [0.5, 0.6) is 0 Å². The monoisotopic (exact) mass is 223 g/mol. The largest absolute Gasteiger partial charge is 0.370 e. The van der Waals surface area contributed by atoms with Gasteiger partial charge in [-0.1, -0.05) is 6.92 Å². The molecule has 0 spiro atoms. The Hall–Kier alpha value is -1.85. The molecule has 1 aromatic rings. The molecule has 16 heavy (non-hydrogen) atoms. The molecule has 4 N–H and O–H groups in total. The number of nitrogens with two attached hydrogens (primary N) is 1. The molecule has 0 aliphatic rings. The van der Waals surface area contributed by atoms with E-state index in [1.807, 2.05) is 0 Å². The molecule has 0 fully saturated rings. The summed E-state index contributed by atoms with van der Waals surface area (Å²) in [6, 6.07) is 0. The second kappa shape index (κ2) is 6.60. The number of hydrogen-bond donors (Lipinski definition) is 3. The Morgan fingerprint density at radius 2 is 2.50 bits per heavy atom. The van der Waals surface area contributed by atoms with E-state index in [9.17, 15) is 4.79 Å². The van der Waals surface area contributed by atoms with Crippen LogP contribution in [0.1, 0.15) is 25.5 Å². The molecule has 6 nitrogen and oxygen atoms in total. The van der Waals surface area contributed by atoms with Gasteiger partial charge in [0.05, 0.1) is 6.33 Å². The smallest absolute Gasteiger partial charge is 0.226 e. The number of imidazole rings is 1. The van der Waals surface area contributed by atoms with Crippen molar-refractivity contribution >= 4 is 11.9 Å². The van der Waals surface area contributed by atoms with E-state index in [0.717, 1.165) is 18.5 Å². The third kappa shape index (κ3) is 4.59. The van der Waals surface area contributed by atoms with E-state index in [1.165, 1.54) is 0 Å². The van der Waals surface area contributed by atoms with Gasteiger partial charge in [-0.2, -0.15) is 0 Å². The van der Waals surface area contributed by atoms with Crippen molar-refractivity contribution in [2.45, 2.75) is 26.2 Å². The number of hydrogen-bond acceptors (Lipinski definition) is 3. The van der Waals surface area contributed by atoms with E-state index in [2.05, 4.69) is 20.3 Å². The Morgan fingerprint density at radius 1 is 1.69 bits per heavy atom. The molecular weight excluding hydrogens is 206 g/mol. The quantitative estimate of drug-likeness (QED) is 0.377. The highest BCUT2D eigenvalue weighted by Crippen LogP contribution is 1.96. The third-order valence-corrected chi connectivity index (χ3v) is 2.03. The van der Waals surface area contributed by atoms with Crippen LogP contribution in [0.15, 0.2) is 17.5 Å². The second-order valence-electron chi connectivity index (χ2n) is 3.35. The molecule has 0 radical (unpaired) electrons. The third-order valence-electron chi connectivity index (χ3n) is 2.03. The van der Waals surface area contributed by atoms with Gasteiger partial charge in [0, 0.05) is 24.9 Å². The van der Waals surface area contributed by atoms with Crippen molar-refractivity contribution in [3.05, 3.63) is 18.2 Å². The van der Waals surface area contributed by atoms with Crippen molar-refractivity contribution in [1.29, 1.82) is 0 Å². The normalized spacial score (nSPS) is 11.4. The number of amides is 1. The average molecular weight is 223 g/mol. The Balaban J connectivity index is 2.18. The summed E-state index contributed by atoms with van der Waals surface area (Å²) in [7, 11) is 0. The summed E-state index contributed by atoms with van der Waals surface area (Å²) in [6.45, 7) is 2.36. The van der Waals surface area contributed by atoms with Crippen LogP contribution in [0.2, 0.25) is 0 Å². The highest BCUT2D eigenvalue weighted by molar-refractivity contribution is 5.95. The van der Waals surface area contributed by atoms with Gasteiger partial charge in [0.2, 0.25) is 5.91 Å². The lowest BCUT2D eigenvalue weighted by atomic mass is 10.2. The fraction of sp³-hybridized carbons (Fsp3) is 0.500. The number of carbonyl (C=O) groups is 1. The first kappa shape index (κ1) is 12.2. The maximum Gasteiger partial charge on any atom is 0.226 e. The summed E-state index contributed by atoms with van der Waals surface area (Å²) >= 11 is 0. The molecule has 0 aliphatic carbocycles. The van der Waals surface area contributed by atoms with Gasteiger partial charge < -0.3 is 10.7 Å². The first-order chi connectivity index (χ1) is 7.72. The number of carbonyl (C=O) groups excluding carboxylic acids is 1. The molecule has 0 saturated carbocycles. The van der Waals surface area contributed by atoms with E-state index in [-0.39, 0.29) is 11.9 Å². The summed E-state index contributed by atoms with van der Waals surface area (Å²) in [5, 5.41) is 2.49. The lowest BCUT2D eigenvalue weighted by Crippen LogP contribution is -2.36. The van der Waals surface area contributed by atoms with Crippen molar-refractivity contribution in [2.24, 2.45) is 10.7 Å². The molecule has 0 bridgehead atoms. The number of aryl methyl sites for hydroxylation is 1. The zero-order valence-electron chi connectivity index (χ0n) is 9.36. The molecule has 0 unspecified atom stereocenters. The number of aliphatic imine (C=N–C) groups is 1. The van der Waals surface area contributed by atoms with Crippen molar-refractivity contribution in [3.8, 4) is 0 Å². The Labute approximate surface area is 94.4 Å². The number of aromatic amines is 1. The fourth-order valence-electron chi connectivity index (χ4n) is 1.16. The van der Waals surface area contributed by atoms with Crippen LogP contribution in [-0.2, 0) is 11.2 Å². The van der Waals surface area contributed by atoms with Crippen LogP contribution in [-0.4, -0.2) is 28.4 Å². The number of H-pyrrole nitrogens is 1. The van der Waals surface area contributed by atoms with E-state index in [0.29, 0.717) is 13.0 Å². The summed E-state index contributed by atoms with van der Waals surface area (Å²) in [6.07, 6.45) is 5.58. The van der Waals surface area contributed by atoms with Crippen molar-refractivity contribution < 1.29 is 4.79 Å². The molecule has 0 aliphatic heterocycles. The standard InChI is InChI=1S/C10H17N5O/c1-2-9(16)15-10(11)13-5-3-4-8-6-12-7-14-8/h6-7H,2-5H2,1H3,(H,12,14)(H3,11,13,15,16). The number of aromatic nitrogens is 2. The zero-order valence-corrected chi connectivity index (χ0v) is 9.36. The Bertz CT molecular complexity index is 344. The van der Waals surface area contributed by atoms with E-state index in [1.54, 1.807) is 19.4 Å². The number of nitrogens with one attached hydrogen (secondary N) is 2. The van der Waals surface area contributed by atoms with Gasteiger partial charge >= 0.3 is 0 Å².